The fourth-order valence-corrected chi connectivity index (χ4v) is 5.56. The normalized spacial score (nSPS) is 19.3. The molecule has 3 nitrogen and oxygen atoms in total. The third-order valence-corrected chi connectivity index (χ3v) is 6.61. The molecule has 25 heavy (non-hydrogen) atoms. The summed E-state index contributed by atoms with van der Waals surface area (Å²) in [7, 11) is 2.14. The van der Waals surface area contributed by atoms with Crippen LogP contribution in [0.1, 0.15) is 35.8 Å². The fraction of sp³-hybridized carbons (Fsp3) is 0.368. The van der Waals surface area contributed by atoms with Crippen LogP contribution < -0.4 is 0 Å². The van der Waals surface area contributed by atoms with Gasteiger partial charge in [-0.05, 0) is 30.3 Å². The molecule has 0 saturated heterocycles. The first-order chi connectivity index (χ1) is 12.0. The Morgan fingerprint density at radius 1 is 1.36 bits per heavy atom. The zero-order chi connectivity index (χ0) is 17.7. The topological polar surface area (TPSA) is 28.4 Å². The molecular formula is C19H20Cl2N2OS. The quantitative estimate of drug-likeness (QED) is 0.653. The van der Waals surface area contributed by atoms with Gasteiger partial charge in [0.05, 0.1) is 17.7 Å². The number of aliphatic hydroxyl groups excluding tert-OH is 1. The highest BCUT2D eigenvalue weighted by molar-refractivity contribution is 7.17. The first kappa shape index (κ1) is 17.4. The first-order valence-electron chi connectivity index (χ1n) is 8.35. The van der Waals surface area contributed by atoms with Gasteiger partial charge in [0.15, 0.2) is 0 Å². The van der Waals surface area contributed by atoms with Crippen molar-refractivity contribution < 1.29 is 5.11 Å². The summed E-state index contributed by atoms with van der Waals surface area (Å²) in [6.07, 6.45) is -0.605. The van der Waals surface area contributed by atoms with Crippen LogP contribution in [-0.4, -0.2) is 28.2 Å². The number of likely N-dealkylation sites (N-methyl/N-ethyl adjacent to an activating group) is 1. The van der Waals surface area contributed by atoms with E-state index in [-0.39, 0.29) is 0 Å². The van der Waals surface area contributed by atoms with Crippen molar-refractivity contribution in [3.8, 4) is 0 Å². The maximum absolute atomic E-state index is 10.8. The molecule has 3 aromatic rings. The third-order valence-electron chi connectivity index (χ3n) is 4.94. The van der Waals surface area contributed by atoms with Crippen molar-refractivity contribution in [2.75, 3.05) is 13.6 Å². The van der Waals surface area contributed by atoms with Gasteiger partial charge >= 0.3 is 0 Å². The second-order valence-corrected chi connectivity index (χ2v) is 8.61. The molecule has 4 rings (SSSR count). The van der Waals surface area contributed by atoms with Gasteiger partial charge in [-0.3, -0.25) is 0 Å². The molecule has 2 aromatic heterocycles. The average molecular weight is 395 g/mol. The van der Waals surface area contributed by atoms with Gasteiger partial charge in [0.2, 0.25) is 0 Å². The Morgan fingerprint density at radius 3 is 2.92 bits per heavy atom. The molecule has 0 amide bonds. The fourth-order valence-electron chi connectivity index (χ4n) is 3.99. The van der Waals surface area contributed by atoms with Crippen LogP contribution in [0.15, 0.2) is 29.6 Å². The molecule has 2 unspecified atom stereocenters. The van der Waals surface area contributed by atoms with Crippen LogP contribution in [0.25, 0.3) is 10.2 Å². The number of rotatable bonds is 3. The Morgan fingerprint density at radius 2 is 2.16 bits per heavy atom. The van der Waals surface area contributed by atoms with E-state index in [9.17, 15) is 5.11 Å². The van der Waals surface area contributed by atoms with E-state index >= 15 is 0 Å². The minimum absolute atomic E-state index is 0.399. The minimum atomic E-state index is -0.605. The molecule has 3 heterocycles. The lowest BCUT2D eigenvalue weighted by Gasteiger charge is -2.30. The highest BCUT2D eigenvalue weighted by Crippen LogP contribution is 2.42. The summed E-state index contributed by atoms with van der Waals surface area (Å²) in [6.45, 7) is 4.66. The lowest BCUT2D eigenvalue weighted by atomic mass is 9.97. The van der Waals surface area contributed by atoms with Gasteiger partial charge in [0, 0.05) is 40.5 Å². The van der Waals surface area contributed by atoms with Crippen LogP contribution in [-0.2, 0) is 13.1 Å². The maximum atomic E-state index is 10.8. The van der Waals surface area contributed by atoms with Crippen LogP contribution in [0, 0.1) is 0 Å². The Labute approximate surface area is 161 Å². The average Bonchev–Trinajstić information content (AvgIpc) is 3.07. The number of hydrogen-bond acceptors (Lipinski definition) is 3. The first-order valence-corrected chi connectivity index (χ1v) is 9.99. The van der Waals surface area contributed by atoms with Gasteiger partial charge in [-0.25, -0.2) is 0 Å². The molecule has 0 fully saturated rings. The predicted octanol–water partition coefficient (Wildman–Crippen LogP) is 5.29. The maximum Gasteiger partial charge on any atom is 0.104 e. The van der Waals surface area contributed by atoms with Gasteiger partial charge in [-0.1, -0.05) is 42.3 Å². The van der Waals surface area contributed by atoms with Gasteiger partial charge < -0.3 is 14.6 Å². The molecule has 2 atom stereocenters. The van der Waals surface area contributed by atoms with Crippen molar-refractivity contribution in [1.29, 1.82) is 0 Å². The van der Waals surface area contributed by atoms with E-state index in [1.807, 2.05) is 29.6 Å². The van der Waals surface area contributed by atoms with E-state index < -0.39 is 6.10 Å². The Hall–Kier alpha value is -1.04. The molecule has 1 aliphatic heterocycles. The number of thiophene rings is 1. The molecule has 1 N–H and O–H groups in total. The van der Waals surface area contributed by atoms with E-state index in [4.69, 9.17) is 23.2 Å². The Kier molecular flexibility index (Phi) is 4.59. The molecule has 1 aliphatic rings. The lowest BCUT2D eigenvalue weighted by molar-refractivity contribution is 0.155. The molecule has 0 aliphatic carbocycles. The van der Waals surface area contributed by atoms with Crippen molar-refractivity contribution >= 4 is 44.8 Å². The summed E-state index contributed by atoms with van der Waals surface area (Å²) in [4.78, 5) is 3.48. The molecule has 0 saturated carbocycles. The van der Waals surface area contributed by atoms with Gasteiger partial charge in [-0.15, -0.1) is 11.3 Å². The van der Waals surface area contributed by atoms with Gasteiger partial charge in [0.25, 0.3) is 0 Å². The standard InChI is InChI=1S/C19H20Cl2N2OS/c1-11-7-22(2)8-14-17-15(21)10-25-19(17)23(18(11)14)9-16(24)12-4-3-5-13(20)6-12/h3-6,10-11,16,24H,7-9H2,1-2H3. The molecule has 0 bridgehead atoms. The zero-order valence-electron chi connectivity index (χ0n) is 14.2. The summed E-state index contributed by atoms with van der Waals surface area (Å²) in [5.74, 6) is 0.399. The van der Waals surface area contributed by atoms with Crippen molar-refractivity contribution in [3.63, 3.8) is 0 Å². The van der Waals surface area contributed by atoms with Crippen LogP contribution >= 0.6 is 34.5 Å². The van der Waals surface area contributed by atoms with E-state index in [1.165, 1.54) is 11.3 Å². The lowest BCUT2D eigenvalue weighted by Crippen LogP contribution is -2.30. The molecule has 0 radical (unpaired) electrons. The molecule has 132 valence electrons. The number of benzene rings is 1. The van der Waals surface area contributed by atoms with E-state index in [0.717, 1.165) is 33.9 Å². The summed E-state index contributed by atoms with van der Waals surface area (Å²) < 4.78 is 2.27. The Balaban J connectivity index is 1.81. The van der Waals surface area contributed by atoms with E-state index in [0.29, 0.717) is 17.5 Å². The van der Waals surface area contributed by atoms with E-state index in [2.05, 4.69) is 23.4 Å². The molecule has 1 aromatic carbocycles. The van der Waals surface area contributed by atoms with Gasteiger partial charge in [-0.2, -0.15) is 0 Å². The van der Waals surface area contributed by atoms with Crippen molar-refractivity contribution in [1.82, 2.24) is 9.47 Å². The van der Waals surface area contributed by atoms with Crippen molar-refractivity contribution in [2.24, 2.45) is 0 Å². The minimum Gasteiger partial charge on any atom is -0.387 e. The molecule has 0 spiro atoms. The van der Waals surface area contributed by atoms with Crippen molar-refractivity contribution in [2.45, 2.75) is 32.0 Å². The van der Waals surface area contributed by atoms with Crippen LogP contribution in [0.2, 0.25) is 10.0 Å². The molecular weight excluding hydrogens is 375 g/mol. The smallest absolute Gasteiger partial charge is 0.104 e. The van der Waals surface area contributed by atoms with Gasteiger partial charge in [0.1, 0.15) is 4.83 Å². The SMILES string of the molecule is CC1CN(C)Cc2c1n(CC(O)c1cccc(Cl)c1)c1scc(Cl)c21. The van der Waals surface area contributed by atoms with Crippen LogP contribution in [0.3, 0.4) is 0 Å². The number of halogens is 2. The summed E-state index contributed by atoms with van der Waals surface area (Å²) >= 11 is 14.2. The number of fused-ring (bicyclic) bond motifs is 3. The predicted molar refractivity (Wildman–Crippen MR) is 106 cm³/mol. The zero-order valence-corrected chi connectivity index (χ0v) is 16.5. The van der Waals surface area contributed by atoms with Crippen LogP contribution in [0.5, 0.6) is 0 Å². The largest absolute Gasteiger partial charge is 0.387 e. The second-order valence-electron chi connectivity index (χ2n) is 6.91. The highest BCUT2D eigenvalue weighted by Gasteiger charge is 2.30. The van der Waals surface area contributed by atoms with Crippen molar-refractivity contribution in [3.05, 3.63) is 56.5 Å². The van der Waals surface area contributed by atoms with E-state index in [1.54, 1.807) is 11.3 Å². The highest BCUT2D eigenvalue weighted by atomic mass is 35.5. The second kappa shape index (κ2) is 6.60. The summed E-state index contributed by atoms with van der Waals surface area (Å²) in [6, 6.07) is 7.45. The summed E-state index contributed by atoms with van der Waals surface area (Å²) in [5, 5.41) is 15.4. The monoisotopic (exact) mass is 394 g/mol. The number of nitrogens with zero attached hydrogens (tertiary/aromatic N) is 2. The number of aliphatic hydroxyl groups is 1. The summed E-state index contributed by atoms with van der Waals surface area (Å²) in [5.41, 5.74) is 3.45. The Bertz CT molecular complexity index is 933. The van der Waals surface area contributed by atoms with Crippen LogP contribution in [0.4, 0.5) is 0 Å². The third kappa shape index (κ3) is 3.00. The number of aromatic nitrogens is 1. The number of hydrogen-bond donors (Lipinski definition) is 1. The molecule has 6 heteroatoms.